The Bertz CT molecular complexity index is 934. The molecule has 6 nitrogen and oxygen atoms in total. The van der Waals surface area contributed by atoms with E-state index in [1.165, 1.54) is 25.3 Å². The van der Waals surface area contributed by atoms with Crippen LogP contribution in [0, 0.1) is 0 Å². The summed E-state index contributed by atoms with van der Waals surface area (Å²) in [5.41, 5.74) is 1.74. The molecule has 29 heavy (non-hydrogen) atoms. The summed E-state index contributed by atoms with van der Waals surface area (Å²) in [4.78, 5) is 24.7. The molecule has 3 aromatic rings. The predicted molar refractivity (Wildman–Crippen MR) is 108 cm³/mol. The molecule has 0 aliphatic heterocycles. The number of nitrogens with one attached hydrogen (secondary N) is 1. The Morgan fingerprint density at radius 1 is 0.931 bits per heavy atom. The van der Waals surface area contributed by atoms with Crippen LogP contribution in [0.3, 0.4) is 0 Å². The molecular weight excluding hydrogens is 370 g/mol. The van der Waals surface area contributed by atoms with Crippen LogP contribution in [0.4, 0.5) is 0 Å². The summed E-state index contributed by atoms with van der Waals surface area (Å²) in [5.74, 6) is -1.12. The highest BCUT2D eigenvalue weighted by Crippen LogP contribution is 2.24. The third-order valence-electron chi connectivity index (χ3n) is 4.33. The van der Waals surface area contributed by atoms with Gasteiger partial charge < -0.3 is 19.9 Å². The summed E-state index contributed by atoms with van der Waals surface area (Å²) in [6, 6.07) is 22.8. The average Bonchev–Trinajstić information content (AvgIpc) is 2.77. The average molecular weight is 391 g/mol. The fraction of sp³-hybridized carbons (Fsp3) is 0.130. The summed E-state index contributed by atoms with van der Waals surface area (Å²) in [6.07, 6.45) is 0. The number of hydrogen-bond donors (Lipinski definition) is 2. The molecule has 0 fully saturated rings. The van der Waals surface area contributed by atoms with Crippen LogP contribution >= 0.6 is 0 Å². The van der Waals surface area contributed by atoms with Gasteiger partial charge in [0.2, 0.25) is 0 Å². The molecule has 0 heterocycles. The predicted octanol–water partition coefficient (Wildman–Crippen LogP) is 3.46. The molecular formula is C23H21NO5. The van der Waals surface area contributed by atoms with Gasteiger partial charge in [0, 0.05) is 0 Å². The lowest BCUT2D eigenvalue weighted by Crippen LogP contribution is -2.33. The zero-order valence-electron chi connectivity index (χ0n) is 15.9. The van der Waals surface area contributed by atoms with Crippen molar-refractivity contribution < 1.29 is 24.2 Å². The zero-order chi connectivity index (χ0) is 20.6. The molecule has 0 aliphatic carbocycles. The normalized spacial score (nSPS) is 10.4. The van der Waals surface area contributed by atoms with Gasteiger partial charge >= 0.3 is 5.97 Å². The Labute approximate surface area is 168 Å². The van der Waals surface area contributed by atoms with Gasteiger partial charge in [-0.25, -0.2) is 4.79 Å². The summed E-state index contributed by atoms with van der Waals surface area (Å²) in [6.45, 7) is -0.481. The second kappa shape index (κ2) is 9.41. The number of methoxy groups -OCH3 is 1. The van der Waals surface area contributed by atoms with Gasteiger partial charge in [-0.05, 0) is 29.3 Å². The van der Waals surface area contributed by atoms with E-state index < -0.39 is 18.5 Å². The van der Waals surface area contributed by atoms with Gasteiger partial charge in [0.05, 0.1) is 13.2 Å². The van der Waals surface area contributed by atoms with Crippen LogP contribution in [-0.2, 0) is 9.53 Å². The smallest absolute Gasteiger partial charge is 0.342 e. The van der Waals surface area contributed by atoms with Crippen molar-refractivity contribution in [1.29, 1.82) is 0 Å². The van der Waals surface area contributed by atoms with Gasteiger partial charge in [0.1, 0.15) is 17.1 Å². The number of benzene rings is 3. The topological polar surface area (TPSA) is 84.9 Å². The van der Waals surface area contributed by atoms with Crippen molar-refractivity contribution in [3.63, 3.8) is 0 Å². The van der Waals surface area contributed by atoms with Crippen molar-refractivity contribution in [2.24, 2.45) is 0 Å². The molecule has 0 aliphatic rings. The number of aromatic hydroxyl groups is 1. The molecule has 0 saturated heterocycles. The van der Waals surface area contributed by atoms with Crippen molar-refractivity contribution >= 4 is 11.9 Å². The molecule has 0 saturated carbocycles. The van der Waals surface area contributed by atoms with E-state index in [1.54, 1.807) is 0 Å². The van der Waals surface area contributed by atoms with Gasteiger partial charge in [-0.2, -0.15) is 0 Å². The van der Waals surface area contributed by atoms with Crippen molar-refractivity contribution in [2.45, 2.75) is 6.04 Å². The number of phenolic OH excluding ortho intramolecular Hbond substituents is 1. The van der Waals surface area contributed by atoms with E-state index in [0.29, 0.717) is 5.75 Å². The van der Waals surface area contributed by atoms with Crippen molar-refractivity contribution in [1.82, 2.24) is 5.32 Å². The lowest BCUT2D eigenvalue weighted by Gasteiger charge is -2.20. The first-order valence-corrected chi connectivity index (χ1v) is 9.02. The number of amides is 1. The highest BCUT2D eigenvalue weighted by Gasteiger charge is 2.19. The van der Waals surface area contributed by atoms with Crippen molar-refractivity contribution in [3.05, 3.63) is 95.6 Å². The van der Waals surface area contributed by atoms with Gasteiger partial charge in [-0.15, -0.1) is 0 Å². The number of phenols is 1. The fourth-order valence-corrected chi connectivity index (χ4v) is 2.87. The lowest BCUT2D eigenvalue weighted by atomic mass is 9.99. The summed E-state index contributed by atoms with van der Waals surface area (Å²) < 4.78 is 10.1. The van der Waals surface area contributed by atoms with E-state index in [9.17, 15) is 14.7 Å². The fourth-order valence-electron chi connectivity index (χ4n) is 2.87. The minimum absolute atomic E-state index is 0.0696. The quantitative estimate of drug-likeness (QED) is 0.603. The minimum atomic E-state index is -0.812. The van der Waals surface area contributed by atoms with Crippen LogP contribution in [-0.4, -0.2) is 30.7 Å². The Morgan fingerprint density at radius 3 is 2.07 bits per heavy atom. The third-order valence-corrected chi connectivity index (χ3v) is 4.33. The number of hydrogen-bond acceptors (Lipinski definition) is 5. The highest BCUT2D eigenvalue weighted by molar-refractivity contribution is 5.94. The van der Waals surface area contributed by atoms with Crippen LogP contribution in [0.5, 0.6) is 11.5 Å². The molecule has 148 valence electrons. The number of carbonyl (C=O) groups is 2. The first kappa shape index (κ1) is 19.9. The maximum atomic E-state index is 12.5. The van der Waals surface area contributed by atoms with E-state index in [1.807, 2.05) is 60.7 Å². The molecule has 0 bridgehead atoms. The molecule has 1 amide bonds. The second-order valence-electron chi connectivity index (χ2n) is 6.28. The monoisotopic (exact) mass is 391 g/mol. The van der Waals surface area contributed by atoms with Gasteiger partial charge in [0.25, 0.3) is 5.91 Å². The van der Waals surface area contributed by atoms with Crippen LogP contribution in [0.1, 0.15) is 27.5 Å². The molecule has 0 radical (unpaired) electrons. The maximum absolute atomic E-state index is 12.5. The first-order chi connectivity index (χ1) is 14.1. The molecule has 3 rings (SSSR count). The first-order valence-electron chi connectivity index (χ1n) is 9.02. The SMILES string of the molecule is COc1ccc(O)c(C(=O)OCC(=O)NC(c2ccccc2)c2ccccc2)c1. The third kappa shape index (κ3) is 5.13. The molecule has 2 N–H and O–H groups in total. The van der Waals surface area contributed by atoms with E-state index in [2.05, 4.69) is 5.32 Å². The summed E-state index contributed by atoms with van der Waals surface area (Å²) >= 11 is 0. The van der Waals surface area contributed by atoms with Gasteiger partial charge in [-0.3, -0.25) is 4.79 Å². The van der Waals surface area contributed by atoms with E-state index >= 15 is 0 Å². The van der Waals surface area contributed by atoms with Crippen LogP contribution < -0.4 is 10.1 Å². The van der Waals surface area contributed by atoms with Crippen LogP contribution in [0.2, 0.25) is 0 Å². The summed E-state index contributed by atoms with van der Waals surface area (Å²) in [7, 11) is 1.45. The van der Waals surface area contributed by atoms with E-state index in [4.69, 9.17) is 9.47 Å². The Morgan fingerprint density at radius 2 is 1.52 bits per heavy atom. The maximum Gasteiger partial charge on any atom is 0.342 e. The van der Waals surface area contributed by atoms with E-state index in [0.717, 1.165) is 11.1 Å². The number of carbonyl (C=O) groups excluding carboxylic acids is 2. The van der Waals surface area contributed by atoms with Gasteiger partial charge in [0.15, 0.2) is 6.61 Å². The van der Waals surface area contributed by atoms with E-state index in [-0.39, 0.29) is 17.4 Å². The van der Waals surface area contributed by atoms with Crippen LogP contribution in [0.15, 0.2) is 78.9 Å². The standard InChI is InChI=1S/C23H21NO5/c1-28-18-12-13-20(25)19(14-18)23(27)29-15-21(26)24-22(16-8-4-2-5-9-16)17-10-6-3-7-11-17/h2-14,22,25H,15H2,1H3,(H,24,26). The minimum Gasteiger partial charge on any atom is -0.507 e. The van der Waals surface area contributed by atoms with Crippen molar-refractivity contribution in [2.75, 3.05) is 13.7 Å². The number of ether oxygens (including phenoxy) is 2. The molecule has 0 spiro atoms. The second-order valence-corrected chi connectivity index (χ2v) is 6.28. The number of rotatable bonds is 7. The molecule has 0 aromatic heterocycles. The molecule has 0 atom stereocenters. The molecule has 6 heteroatoms. The number of esters is 1. The lowest BCUT2D eigenvalue weighted by molar-refractivity contribution is -0.124. The molecule has 0 unspecified atom stereocenters. The Kier molecular flexibility index (Phi) is 6.47. The van der Waals surface area contributed by atoms with Gasteiger partial charge in [-0.1, -0.05) is 60.7 Å². The Hall–Kier alpha value is -3.80. The summed E-state index contributed by atoms with van der Waals surface area (Å²) in [5, 5.41) is 12.7. The van der Waals surface area contributed by atoms with Crippen LogP contribution in [0.25, 0.3) is 0 Å². The largest absolute Gasteiger partial charge is 0.507 e. The highest BCUT2D eigenvalue weighted by atomic mass is 16.5. The Balaban J connectivity index is 1.69. The van der Waals surface area contributed by atoms with Crippen molar-refractivity contribution in [3.8, 4) is 11.5 Å². The molecule has 3 aromatic carbocycles. The zero-order valence-corrected chi connectivity index (χ0v) is 15.9.